The molecule has 0 spiro atoms. The molecule has 1 saturated heterocycles. The predicted molar refractivity (Wildman–Crippen MR) is 106 cm³/mol. The number of aromatic nitrogens is 2. The van der Waals surface area contributed by atoms with Gasteiger partial charge < -0.3 is 4.52 Å². The molecule has 2 atom stereocenters. The highest BCUT2D eigenvalue weighted by Gasteiger charge is 2.55. The molecule has 3 heterocycles. The Balaban J connectivity index is 1.36. The van der Waals surface area contributed by atoms with Crippen LogP contribution in [0.3, 0.4) is 0 Å². The molecule has 2 aliphatic rings. The van der Waals surface area contributed by atoms with E-state index in [0.717, 1.165) is 16.0 Å². The number of benzene rings is 2. The Kier molecular flexibility index (Phi) is 4.35. The molecule has 2 amide bonds. The van der Waals surface area contributed by atoms with Crippen LogP contribution in [0.4, 0.5) is 10.1 Å². The Morgan fingerprint density at radius 2 is 1.84 bits per heavy atom. The van der Waals surface area contributed by atoms with E-state index in [1.54, 1.807) is 6.92 Å². The summed E-state index contributed by atoms with van der Waals surface area (Å²) in [5.74, 6) is -0.927. The average Bonchev–Trinajstić information content (AvgIpc) is 3.44. The molecule has 3 aromatic rings. The second kappa shape index (κ2) is 7.08. The molecule has 0 unspecified atom stereocenters. The number of rotatable bonds is 4. The second-order valence-electron chi connectivity index (χ2n) is 7.52. The number of anilines is 1. The number of carbonyl (C=O) groups is 2. The van der Waals surface area contributed by atoms with E-state index in [-0.39, 0.29) is 18.1 Å². The van der Waals surface area contributed by atoms with Crippen LogP contribution in [0, 0.1) is 19.7 Å². The molecule has 0 saturated carbocycles. The zero-order valence-corrected chi connectivity index (χ0v) is 16.7. The third kappa shape index (κ3) is 3.16. The molecule has 156 valence electrons. The van der Waals surface area contributed by atoms with Crippen molar-refractivity contribution in [3.8, 4) is 11.4 Å². The quantitative estimate of drug-likeness (QED) is 0.601. The third-order valence-corrected chi connectivity index (χ3v) is 5.35. The van der Waals surface area contributed by atoms with Crippen LogP contribution in [0.25, 0.3) is 11.4 Å². The molecule has 5 rings (SSSR count). The van der Waals surface area contributed by atoms with Crippen molar-refractivity contribution < 1.29 is 18.5 Å². The normalized spacial score (nSPS) is 20.1. The Bertz CT molecular complexity index is 1220. The van der Waals surface area contributed by atoms with Crippen molar-refractivity contribution in [2.45, 2.75) is 32.5 Å². The summed E-state index contributed by atoms with van der Waals surface area (Å²) < 4.78 is 19.3. The van der Waals surface area contributed by atoms with Gasteiger partial charge in [0.25, 0.3) is 11.8 Å². The smallest absolute Gasteiger partial charge is 0.263 e. The Labute approximate surface area is 176 Å². The maximum Gasteiger partial charge on any atom is 0.263 e. The predicted octanol–water partition coefficient (Wildman–Crippen LogP) is 2.99. The van der Waals surface area contributed by atoms with E-state index in [9.17, 15) is 14.0 Å². The lowest BCUT2D eigenvalue weighted by Crippen LogP contribution is -2.39. The molecule has 9 nitrogen and oxygen atoms in total. The molecule has 1 fully saturated rings. The molecule has 31 heavy (non-hydrogen) atoms. The molecule has 0 N–H and O–H groups in total. The summed E-state index contributed by atoms with van der Waals surface area (Å²) in [7, 11) is 0. The van der Waals surface area contributed by atoms with Gasteiger partial charge in [-0.15, -0.1) is 0 Å². The Morgan fingerprint density at radius 3 is 2.58 bits per heavy atom. The van der Waals surface area contributed by atoms with E-state index in [2.05, 4.69) is 20.5 Å². The number of hydrogen-bond acceptors (Lipinski definition) is 8. The minimum atomic E-state index is -0.989. The summed E-state index contributed by atoms with van der Waals surface area (Å²) in [6.07, 6.45) is 0. The lowest BCUT2D eigenvalue weighted by Gasteiger charge is -2.19. The Hall–Kier alpha value is -3.95. The lowest BCUT2D eigenvalue weighted by atomic mass is 10.1. The summed E-state index contributed by atoms with van der Waals surface area (Å²) in [6.45, 7) is 3.60. The van der Waals surface area contributed by atoms with Crippen LogP contribution < -0.4 is 4.90 Å². The van der Waals surface area contributed by atoms with Crippen LogP contribution in [-0.2, 0) is 16.1 Å². The summed E-state index contributed by atoms with van der Waals surface area (Å²) in [4.78, 5) is 31.1. The molecular weight excluding hydrogens is 403 g/mol. The van der Waals surface area contributed by atoms with Gasteiger partial charge >= 0.3 is 0 Å². The van der Waals surface area contributed by atoms with Crippen molar-refractivity contribution in [2.75, 3.05) is 4.90 Å². The zero-order valence-electron chi connectivity index (χ0n) is 16.7. The minimum absolute atomic E-state index is 0.0125. The third-order valence-electron chi connectivity index (χ3n) is 5.35. The first-order valence-electron chi connectivity index (χ1n) is 9.63. The van der Waals surface area contributed by atoms with Crippen molar-refractivity contribution in [3.05, 3.63) is 65.3 Å². The maximum absolute atomic E-state index is 14.0. The summed E-state index contributed by atoms with van der Waals surface area (Å²) in [6, 6.07) is 9.93. The highest BCUT2D eigenvalue weighted by molar-refractivity contribution is 6.25. The highest BCUT2D eigenvalue weighted by atomic mass is 19.1. The molecule has 1 aromatic heterocycles. The minimum Gasteiger partial charge on any atom is -0.337 e. The summed E-state index contributed by atoms with van der Waals surface area (Å²) in [5.41, 5.74) is 2.49. The lowest BCUT2D eigenvalue weighted by molar-refractivity contribution is -0.123. The fraction of sp³-hybridized carbons (Fsp3) is 0.238. The van der Waals surface area contributed by atoms with Gasteiger partial charge in [-0.2, -0.15) is 10.1 Å². The number of halogens is 1. The van der Waals surface area contributed by atoms with Crippen molar-refractivity contribution in [3.63, 3.8) is 0 Å². The van der Waals surface area contributed by atoms with E-state index in [1.165, 1.54) is 23.2 Å². The van der Waals surface area contributed by atoms with Crippen LogP contribution >= 0.6 is 0 Å². The zero-order chi connectivity index (χ0) is 21.7. The van der Waals surface area contributed by atoms with Crippen LogP contribution in [0.5, 0.6) is 0 Å². The van der Waals surface area contributed by atoms with Crippen LogP contribution in [-0.4, -0.2) is 39.0 Å². The monoisotopic (exact) mass is 420 g/mol. The van der Waals surface area contributed by atoms with Gasteiger partial charge in [0.1, 0.15) is 12.4 Å². The largest absolute Gasteiger partial charge is 0.337 e. The van der Waals surface area contributed by atoms with Crippen LogP contribution in [0.1, 0.15) is 17.0 Å². The van der Waals surface area contributed by atoms with Crippen molar-refractivity contribution in [1.29, 1.82) is 0 Å². The number of hydrogen-bond donors (Lipinski definition) is 0. The fourth-order valence-corrected chi connectivity index (χ4v) is 3.61. The highest BCUT2D eigenvalue weighted by Crippen LogP contribution is 2.33. The van der Waals surface area contributed by atoms with E-state index in [1.807, 2.05) is 31.2 Å². The van der Waals surface area contributed by atoms with Gasteiger partial charge in [-0.1, -0.05) is 46.3 Å². The molecule has 2 aliphatic heterocycles. The number of carbonyl (C=O) groups excluding carboxylic acids is 2. The van der Waals surface area contributed by atoms with Gasteiger partial charge in [0.15, 0.2) is 12.1 Å². The standard InChI is InChI=1S/C21H17FN6O3/c1-11-3-6-13(7-4-11)19-23-16(31-25-19)10-27-18-17(24-26-27)20(29)28(21(18)30)14-8-5-12(2)15(22)9-14/h3-9,17-18H,10H2,1-2H3/t17-,18+/m0/s1. The van der Waals surface area contributed by atoms with Crippen LogP contribution in [0.2, 0.25) is 0 Å². The van der Waals surface area contributed by atoms with Gasteiger partial charge in [-0.05, 0) is 31.5 Å². The number of imide groups is 1. The second-order valence-corrected chi connectivity index (χ2v) is 7.52. The Morgan fingerprint density at radius 1 is 1.06 bits per heavy atom. The molecule has 0 aliphatic carbocycles. The van der Waals surface area contributed by atoms with Gasteiger partial charge in [0.05, 0.1) is 5.69 Å². The van der Waals surface area contributed by atoms with Gasteiger partial charge in [0.2, 0.25) is 11.7 Å². The van der Waals surface area contributed by atoms with E-state index in [4.69, 9.17) is 4.52 Å². The average molecular weight is 420 g/mol. The van der Waals surface area contributed by atoms with E-state index in [0.29, 0.717) is 11.4 Å². The van der Waals surface area contributed by atoms with Crippen molar-refractivity contribution >= 4 is 17.5 Å². The first kappa shape index (κ1) is 19.0. The summed E-state index contributed by atoms with van der Waals surface area (Å²) >= 11 is 0. The molecule has 0 radical (unpaired) electrons. The number of aryl methyl sites for hydroxylation is 2. The number of fused-ring (bicyclic) bond motifs is 1. The van der Waals surface area contributed by atoms with Crippen molar-refractivity contribution in [1.82, 2.24) is 15.1 Å². The van der Waals surface area contributed by atoms with Gasteiger partial charge in [-0.25, -0.2) is 9.29 Å². The first-order valence-corrected chi connectivity index (χ1v) is 9.63. The molecule has 2 aromatic carbocycles. The maximum atomic E-state index is 14.0. The fourth-order valence-electron chi connectivity index (χ4n) is 3.61. The van der Waals surface area contributed by atoms with E-state index < -0.39 is 29.7 Å². The molecule has 0 bridgehead atoms. The van der Waals surface area contributed by atoms with E-state index >= 15 is 0 Å². The SMILES string of the molecule is Cc1ccc(-c2noc(CN3N=N[C@@H]4C(=O)N(c5ccc(C)c(F)c5)C(=O)[C@@H]43)n2)cc1. The first-order chi connectivity index (χ1) is 14.9. The molecule has 10 heteroatoms. The van der Waals surface area contributed by atoms with Gasteiger partial charge in [0, 0.05) is 5.56 Å². The molecular formula is C21H17FN6O3. The van der Waals surface area contributed by atoms with Crippen LogP contribution in [0.15, 0.2) is 57.3 Å². The summed E-state index contributed by atoms with van der Waals surface area (Å²) in [5, 5.41) is 13.2. The topological polar surface area (TPSA) is 104 Å². The van der Waals surface area contributed by atoms with Crippen molar-refractivity contribution in [2.24, 2.45) is 10.3 Å². The number of nitrogens with zero attached hydrogens (tertiary/aromatic N) is 6. The van der Waals surface area contributed by atoms with Gasteiger partial charge in [-0.3, -0.25) is 14.6 Å². The number of amides is 2.